The topological polar surface area (TPSA) is 34.9 Å². The molecule has 16 heavy (non-hydrogen) atoms. The molecule has 0 amide bonds. The first kappa shape index (κ1) is 11.8. The number of halogens is 2. The van der Waals surface area contributed by atoms with E-state index in [1.54, 1.807) is 15.9 Å². The molecule has 0 aromatic carbocycles. The van der Waals surface area contributed by atoms with Crippen LogP contribution in [-0.2, 0) is 13.0 Å². The molecule has 0 N–H and O–H groups in total. The second kappa shape index (κ2) is 5.12. The summed E-state index contributed by atoms with van der Waals surface area (Å²) < 4.78 is 1.87. The van der Waals surface area contributed by atoms with E-state index < -0.39 is 0 Å². The van der Waals surface area contributed by atoms with E-state index >= 15 is 0 Å². The van der Waals surface area contributed by atoms with Crippen molar-refractivity contribution in [1.29, 1.82) is 0 Å². The van der Waals surface area contributed by atoms with E-state index in [2.05, 4.69) is 26.3 Å². The normalized spacial score (nSPS) is 10.6. The fourth-order valence-electron chi connectivity index (χ4n) is 1.29. The van der Waals surface area contributed by atoms with Gasteiger partial charge in [0.05, 0.1) is 6.33 Å². The van der Waals surface area contributed by atoms with Gasteiger partial charge in [0.15, 0.2) is 5.15 Å². The van der Waals surface area contributed by atoms with Crippen molar-refractivity contribution in [3.63, 3.8) is 0 Å². The van der Waals surface area contributed by atoms with Crippen LogP contribution in [0.2, 0.25) is 5.15 Å². The average Bonchev–Trinajstić information content (AvgIpc) is 2.78. The highest BCUT2D eigenvalue weighted by molar-refractivity contribution is 9.10. The maximum absolute atomic E-state index is 11.7. The molecule has 0 saturated carbocycles. The van der Waals surface area contributed by atoms with Crippen molar-refractivity contribution in [3.8, 4) is 0 Å². The standard InChI is InChI=1S/C10H8BrClN2OS/c11-8-9(12)13-6-14(10(8)15)3-1-7-2-4-16-5-7/h2,4-6H,1,3H2. The van der Waals surface area contributed by atoms with Crippen LogP contribution in [0.25, 0.3) is 0 Å². The maximum atomic E-state index is 11.7. The maximum Gasteiger partial charge on any atom is 0.269 e. The lowest BCUT2D eigenvalue weighted by Crippen LogP contribution is -2.22. The van der Waals surface area contributed by atoms with Gasteiger partial charge in [-0.05, 0) is 44.7 Å². The van der Waals surface area contributed by atoms with Gasteiger partial charge in [0.1, 0.15) is 4.47 Å². The second-order valence-corrected chi connectivity index (χ2v) is 5.16. The molecule has 0 spiro atoms. The zero-order valence-corrected chi connectivity index (χ0v) is 11.3. The monoisotopic (exact) mass is 318 g/mol. The third kappa shape index (κ3) is 2.53. The van der Waals surface area contributed by atoms with Gasteiger partial charge in [0.2, 0.25) is 0 Å². The van der Waals surface area contributed by atoms with Crippen LogP contribution in [0.3, 0.4) is 0 Å². The molecule has 0 bridgehead atoms. The average molecular weight is 320 g/mol. The van der Waals surface area contributed by atoms with Gasteiger partial charge in [0.25, 0.3) is 5.56 Å². The van der Waals surface area contributed by atoms with Crippen molar-refractivity contribution in [1.82, 2.24) is 9.55 Å². The fourth-order valence-corrected chi connectivity index (χ4v) is 2.45. The highest BCUT2D eigenvalue weighted by Gasteiger charge is 2.06. The molecule has 0 aliphatic carbocycles. The Labute approximate surface area is 110 Å². The van der Waals surface area contributed by atoms with E-state index in [0.29, 0.717) is 11.0 Å². The summed E-state index contributed by atoms with van der Waals surface area (Å²) in [5, 5.41) is 4.30. The molecule has 2 heterocycles. The van der Waals surface area contributed by atoms with Crippen LogP contribution in [0.15, 0.2) is 32.4 Å². The van der Waals surface area contributed by atoms with Gasteiger partial charge in [-0.1, -0.05) is 11.6 Å². The Bertz CT molecular complexity index is 538. The van der Waals surface area contributed by atoms with Crippen molar-refractivity contribution < 1.29 is 0 Å². The zero-order chi connectivity index (χ0) is 11.5. The van der Waals surface area contributed by atoms with Crippen LogP contribution in [0.1, 0.15) is 5.56 Å². The number of aryl methyl sites for hydroxylation is 2. The van der Waals surface area contributed by atoms with Crippen molar-refractivity contribution in [2.75, 3.05) is 0 Å². The molecule has 0 unspecified atom stereocenters. The third-order valence-corrected chi connectivity index (χ3v) is 4.12. The molecule has 0 atom stereocenters. The number of hydrogen-bond acceptors (Lipinski definition) is 3. The minimum Gasteiger partial charge on any atom is -0.298 e. The predicted molar refractivity (Wildman–Crippen MR) is 69.2 cm³/mol. The van der Waals surface area contributed by atoms with Crippen molar-refractivity contribution >= 4 is 38.9 Å². The molecule has 2 aromatic rings. The fraction of sp³-hybridized carbons (Fsp3) is 0.200. The summed E-state index contributed by atoms with van der Waals surface area (Å²) in [5.74, 6) is 0. The van der Waals surface area contributed by atoms with Gasteiger partial charge in [-0.25, -0.2) is 4.98 Å². The summed E-state index contributed by atoms with van der Waals surface area (Å²) >= 11 is 10.5. The van der Waals surface area contributed by atoms with E-state index in [0.717, 1.165) is 6.42 Å². The molecular formula is C10H8BrClN2OS. The molecule has 0 saturated heterocycles. The predicted octanol–water partition coefficient (Wildman–Crippen LogP) is 2.96. The first-order valence-electron chi connectivity index (χ1n) is 4.60. The van der Waals surface area contributed by atoms with E-state index in [9.17, 15) is 4.79 Å². The molecule has 6 heteroatoms. The number of rotatable bonds is 3. The Hall–Kier alpha value is -0.650. The van der Waals surface area contributed by atoms with Crippen LogP contribution in [-0.4, -0.2) is 9.55 Å². The number of thiophene rings is 1. The molecule has 0 fully saturated rings. The lowest BCUT2D eigenvalue weighted by atomic mass is 10.2. The van der Waals surface area contributed by atoms with Crippen molar-refractivity contribution in [3.05, 3.63) is 48.7 Å². The lowest BCUT2D eigenvalue weighted by Gasteiger charge is -2.04. The SMILES string of the molecule is O=c1c(Br)c(Cl)ncn1CCc1ccsc1. The molecular weight excluding hydrogens is 312 g/mol. The number of hydrogen-bond donors (Lipinski definition) is 0. The van der Waals surface area contributed by atoms with Gasteiger partial charge in [-0.3, -0.25) is 9.36 Å². The quantitative estimate of drug-likeness (QED) is 0.815. The first-order valence-corrected chi connectivity index (χ1v) is 6.71. The smallest absolute Gasteiger partial charge is 0.269 e. The Morgan fingerprint density at radius 2 is 2.38 bits per heavy atom. The van der Waals surface area contributed by atoms with Gasteiger partial charge in [-0.2, -0.15) is 11.3 Å². The largest absolute Gasteiger partial charge is 0.298 e. The van der Waals surface area contributed by atoms with E-state index in [1.165, 1.54) is 11.9 Å². The molecule has 0 aliphatic rings. The second-order valence-electron chi connectivity index (χ2n) is 3.23. The minimum atomic E-state index is -0.143. The van der Waals surface area contributed by atoms with Gasteiger partial charge < -0.3 is 0 Å². The summed E-state index contributed by atoms with van der Waals surface area (Å²) in [6, 6.07) is 2.05. The molecule has 2 aromatic heterocycles. The zero-order valence-electron chi connectivity index (χ0n) is 8.19. The van der Waals surface area contributed by atoms with E-state index in [-0.39, 0.29) is 10.7 Å². The molecule has 84 valence electrons. The lowest BCUT2D eigenvalue weighted by molar-refractivity contribution is 0.652. The molecule has 3 nitrogen and oxygen atoms in total. The highest BCUT2D eigenvalue weighted by atomic mass is 79.9. The molecule has 0 aliphatic heterocycles. The van der Waals surface area contributed by atoms with Crippen molar-refractivity contribution in [2.45, 2.75) is 13.0 Å². The molecule has 2 rings (SSSR count). The summed E-state index contributed by atoms with van der Waals surface area (Å²) in [5.41, 5.74) is 1.08. The number of nitrogens with zero attached hydrogens (tertiary/aromatic N) is 2. The summed E-state index contributed by atoms with van der Waals surface area (Å²) in [7, 11) is 0. The Balaban J connectivity index is 2.17. The first-order chi connectivity index (χ1) is 7.68. The Morgan fingerprint density at radius 3 is 3.06 bits per heavy atom. The van der Waals surface area contributed by atoms with Gasteiger partial charge in [-0.15, -0.1) is 0 Å². The van der Waals surface area contributed by atoms with E-state index in [1.807, 2.05) is 11.4 Å². The summed E-state index contributed by atoms with van der Waals surface area (Å²) in [6.07, 6.45) is 2.29. The van der Waals surface area contributed by atoms with Crippen LogP contribution in [0, 0.1) is 0 Å². The Morgan fingerprint density at radius 1 is 1.56 bits per heavy atom. The minimum absolute atomic E-state index is 0.143. The van der Waals surface area contributed by atoms with Crippen LogP contribution in [0.5, 0.6) is 0 Å². The third-order valence-electron chi connectivity index (χ3n) is 2.16. The molecule has 0 radical (unpaired) electrons. The van der Waals surface area contributed by atoms with Crippen LogP contribution in [0.4, 0.5) is 0 Å². The van der Waals surface area contributed by atoms with Crippen molar-refractivity contribution in [2.24, 2.45) is 0 Å². The van der Waals surface area contributed by atoms with E-state index in [4.69, 9.17) is 11.6 Å². The van der Waals surface area contributed by atoms with Crippen LogP contribution >= 0.6 is 38.9 Å². The number of aromatic nitrogens is 2. The summed E-state index contributed by atoms with van der Waals surface area (Å²) in [6.45, 7) is 0.609. The van der Waals surface area contributed by atoms with Gasteiger partial charge >= 0.3 is 0 Å². The Kier molecular flexibility index (Phi) is 3.78. The summed E-state index contributed by atoms with van der Waals surface area (Å²) in [4.78, 5) is 15.7. The van der Waals surface area contributed by atoms with Gasteiger partial charge in [0, 0.05) is 6.54 Å². The highest BCUT2D eigenvalue weighted by Crippen LogP contribution is 2.14. The van der Waals surface area contributed by atoms with Crippen LogP contribution < -0.4 is 5.56 Å².